The summed E-state index contributed by atoms with van der Waals surface area (Å²) in [4.78, 5) is 16.4. The molecule has 1 aromatic carbocycles. The number of nitrogens with zero attached hydrogens (tertiary/aromatic N) is 3. The average Bonchev–Trinajstić information content (AvgIpc) is 2.81. The standard InChI is InChI=1S/C13H13N5/c1-14-11-6-7-15-12(18-11)8-13-16-9-4-2-3-5-10(9)17-13/h2-7H,8H2,1H3,(H,16,17)(H,14,15,18). The first kappa shape index (κ1) is 10.7. The quantitative estimate of drug-likeness (QED) is 0.733. The number of imidazole rings is 1. The second-order valence-corrected chi connectivity index (χ2v) is 3.99. The summed E-state index contributed by atoms with van der Waals surface area (Å²) in [6.45, 7) is 0. The van der Waals surface area contributed by atoms with Crippen LogP contribution in [-0.2, 0) is 6.42 Å². The summed E-state index contributed by atoms with van der Waals surface area (Å²) in [5, 5.41) is 3.00. The van der Waals surface area contributed by atoms with Crippen molar-refractivity contribution < 1.29 is 0 Å². The first-order valence-corrected chi connectivity index (χ1v) is 5.78. The van der Waals surface area contributed by atoms with E-state index in [4.69, 9.17) is 0 Å². The van der Waals surface area contributed by atoms with E-state index in [1.807, 2.05) is 37.4 Å². The summed E-state index contributed by atoms with van der Waals surface area (Å²) < 4.78 is 0. The Kier molecular flexibility index (Phi) is 2.64. The van der Waals surface area contributed by atoms with Crippen LogP contribution >= 0.6 is 0 Å². The van der Waals surface area contributed by atoms with Gasteiger partial charge in [0, 0.05) is 13.2 Å². The molecule has 0 atom stereocenters. The molecule has 3 aromatic rings. The summed E-state index contributed by atoms with van der Waals surface area (Å²) in [5.74, 6) is 2.45. The minimum Gasteiger partial charge on any atom is -0.373 e. The highest BCUT2D eigenvalue weighted by Crippen LogP contribution is 2.12. The fourth-order valence-corrected chi connectivity index (χ4v) is 1.86. The largest absolute Gasteiger partial charge is 0.373 e. The van der Waals surface area contributed by atoms with Gasteiger partial charge < -0.3 is 10.3 Å². The summed E-state index contributed by atoms with van der Waals surface area (Å²) in [7, 11) is 1.84. The molecular weight excluding hydrogens is 226 g/mol. The van der Waals surface area contributed by atoms with Crippen LogP contribution in [-0.4, -0.2) is 27.0 Å². The van der Waals surface area contributed by atoms with E-state index < -0.39 is 0 Å². The van der Waals surface area contributed by atoms with Gasteiger partial charge in [0.2, 0.25) is 0 Å². The first-order chi connectivity index (χ1) is 8.85. The van der Waals surface area contributed by atoms with Gasteiger partial charge in [-0.15, -0.1) is 0 Å². The number of anilines is 1. The maximum atomic E-state index is 4.51. The molecular formula is C13H13N5. The zero-order chi connectivity index (χ0) is 12.4. The molecule has 3 rings (SSSR count). The maximum absolute atomic E-state index is 4.51. The monoisotopic (exact) mass is 239 g/mol. The number of benzene rings is 1. The Morgan fingerprint density at radius 3 is 2.89 bits per heavy atom. The number of H-pyrrole nitrogens is 1. The fourth-order valence-electron chi connectivity index (χ4n) is 1.86. The minimum absolute atomic E-state index is 0.601. The third-order valence-electron chi connectivity index (χ3n) is 2.73. The van der Waals surface area contributed by atoms with Gasteiger partial charge in [0.15, 0.2) is 0 Å². The minimum atomic E-state index is 0.601. The van der Waals surface area contributed by atoms with E-state index in [9.17, 15) is 0 Å². The van der Waals surface area contributed by atoms with Crippen LogP contribution in [0.4, 0.5) is 5.82 Å². The van der Waals surface area contributed by atoms with Gasteiger partial charge in [0.25, 0.3) is 0 Å². The highest BCUT2D eigenvalue weighted by atomic mass is 15.0. The van der Waals surface area contributed by atoms with Crippen molar-refractivity contribution in [3.05, 3.63) is 48.2 Å². The number of rotatable bonds is 3. The number of hydrogen-bond donors (Lipinski definition) is 2. The Labute approximate surface area is 104 Å². The Morgan fingerprint density at radius 2 is 2.06 bits per heavy atom. The molecule has 0 fully saturated rings. The normalized spacial score (nSPS) is 10.7. The van der Waals surface area contributed by atoms with Crippen LogP contribution in [0.5, 0.6) is 0 Å². The van der Waals surface area contributed by atoms with E-state index in [-0.39, 0.29) is 0 Å². The number of nitrogens with one attached hydrogen (secondary N) is 2. The predicted molar refractivity (Wildman–Crippen MR) is 70.5 cm³/mol. The third kappa shape index (κ3) is 2.02. The number of fused-ring (bicyclic) bond motifs is 1. The maximum Gasteiger partial charge on any atom is 0.138 e. The molecule has 0 aliphatic heterocycles. The number of hydrogen-bond acceptors (Lipinski definition) is 4. The van der Waals surface area contributed by atoms with Crippen molar-refractivity contribution in [2.24, 2.45) is 0 Å². The third-order valence-corrected chi connectivity index (χ3v) is 2.73. The van der Waals surface area contributed by atoms with Crippen LogP contribution in [0, 0.1) is 0 Å². The Hall–Kier alpha value is -2.43. The van der Waals surface area contributed by atoms with Gasteiger partial charge >= 0.3 is 0 Å². The van der Waals surface area contributed by atoms with Gasteiger partial charge in [0.05, 0.1) is 17.5 Å². The molecule has 0 aliphatic carbocycles. The molecule has 0 spiro atoms. The first-order valence-electron chi connectivity index (χ1n) is 5.78. The average molecular weight is 239 g/mol. The molecule has 5 nitrogen and oxygen atoms in total. The predicted octanol–water partition coefficient (Wildman–Crippen LogP) is 1.99. The van der Waals surface area contributed by atoms with Crippen LogP contribution in [0.25, 0.3) is 11.0 Å². The van der Waals surface area contributed by atoms with Crippen LogP contribution in [0.15, 0.2) is 36.5 Å². The van der Waals surface area contributed by atoms with Gasteiger partial charge in [-0.1, -0.05) is 12.1 Å². The van der Waals surface area contributed by atoms with Crippen molar-refractivity contribution in [1.29, 1.82) is 0 Å². The van der Waals surface area contributed by atoms with Crippen molar-refractivity contribution >= 4 is 16.9 Å². The van der Waals surface area contributed by atoms with Crippen molar-refractivity contribution in [2.45, 2.75) is 6.42 Å². The zero-order valence-electron chi connectivity index (χ0n) is 10.0. The van der Waals surface area contributed by atoms with Crippen LogP contribution in [0.2, 0.25) is 0 Å². The van der Waals surface area contributed by atoms with Gasteiger partial charge in [-0.2, -0.15) is 0 Å². The molecule has 90 valence electrons. The van der Waals surface area contributed by atoms with Crippen LogP contribution in [0.3, 0.4) is 0 Å². The lowest BCUT2D eigenvalue weighted by molar-refractivity contribution is 0.919. The molecule has 0 radical (unpaired) electrons. The summed E-state index contributed by atoms with van der Waals surface area (Å²) in [6, 6.07) is 9.80. The van der Waals surface area contributed by atoms with E-state index in [2.05, 4.69) is 25.3 Å². The topological polar surface area (TPSA) is 66.5 Å². The lowest BCUT2D eigenvalue weighted by Gasteiger charge is -2.00. The van der Waals surface area contributed by atoms with E-state index >= 15 is 0 Å². The van der Waals surface area contributed by atoms with E-state index in [0.717, 1.165) is 28.5 Å². The number of aromatic amines is 1. The Bertz CT molecular complexity index is 641. The van der Waals surface area contributed by atoms with Gasteiger partial charge in [-0.05, 0) is 18.2 Å². The van der Waals surface area contributed by atoms with Gasteiger partial charge in [0.1, 0.15) is 17.5 Å². The Morgan fingerprint density at radius 1 is 1.17 bits per heavy atom. The smallest absolute Gasteiger partial charge is 0.138 e. The van der Waals surface area contributed by atoms with Gasteiger partial charge in [-0.25, -0.2) is 15.0 Å². The number of aromatic nitrogens is 4. The lowest BCUT2D eigenvalue weighted by Crippen LogP contribution is -2.01. The van der Waals surface area contributed by atoms with Crippen molar-refractivity contribution in [2.75, 3.05) is 12.4 Å². The highest BCUT2D eigenvalue weighted by molar-refractivity contribution is 5.74. The summed E-state index contributed by atoms with van der Waals surface area (Å²) in [6.07, 6.45) is 2.35. The van der Waals surface area contributed by atoms with Crippen molar-refractivity contribution in [3.8, 4) is 0 Å². The molecule has 18 heavy (non-hydrogen) atoms. The molecule has 0 bridgehead atoms. The molecule has 0 aliphatic rings. The highest BCUT2D eigenvalue weighted by Gasteiger charge is 2.05. The lowest BCUT2D eigenvalue weighted by atomic mass is 10.3. The SMILES string of the molecule is CNc1ccnc(Cc2nc3ccccc3[nH]2)n1. The van der Waals surface area contributed by atoms with Gasteiger partial charge in [-0.3, -0.25) is 0 Å². The molecule has 2 N–H and O–H groups in total. The molecule has 2 heterocycles. The second-order valence-electron chi connectivity index (χ2n) is 3.99. The van der Waals surface area contributed by atoms with Crippen LogP contribution < -0.4 is 5.32 Å². The van der Waals surface area contributed by atoms with E-state index in [0.29, 0.717) is 6.42 Å². The zero-order valence-corrected chi connectivity index (χ0v) is 10.0. The van der Waals surface area contributed by atoms with Crippen molar-refractivity contribution in [1.82, 2.24) is 19.9 Å². The fraction of sp³-hybridized carbons (Fsp3) is 0.154. The molecule has 0 amide bonds. The second kappa shape index (κ2) is 4.44. The number of para-hydroxylation sites is 2. The molecule has 0 unspecified atom stereocenters. The van der Waals surface area contributed by atoms with Crippen LogP contribution in [0.1, 0.15) is 11.6 Å². The van der Waals surface area contributed by atoms with E-state index in [1.54, 1.807) is 6.20 Å². The molecule has 5 heteroatoms. The van der Waals surface area contributed by atoms with E-state index in [1.165, 1.54) is 0 Å². The molecule has 0 saturated heterocycles. The Balaban J connectivity index is 1.91. The molecule has 2 aromatic heterocycles. The summed E-state index contributed by atoms with van der Waals surface area (Å²) >= 11 is 0. The molecule has 0 saturated carbocycles. The summed E-state index contributed by atoms with van der Waals surface area (Å²) in [5.41, 5.74) is 2.01. The van der Waals surface area contributed by atoms with Crippen molar-refractivity contribution in [3.63, 3.8) is 0 Å².